The average molecular weight is 372 g/mol. The van der Waals surface area contributed by atoms with Gasteiger partial charge in [-0.3, -0.25) is 19.8 Å². The fourth-order valence-electron chi connectivity index (χ4n) is 2.47. The van der Waals surface area contributed by atoms with Crippen molar-refractivity contribution in [2.24, 2.45) is 5.10 Å². The molecule has 2 heterocycles. The minimum Gasteiger partial charge on any atom is -0.455 e. The Labute approximate surface area is 153 Å². The Kier molecular flexibility index (Phi) is 5.27. The molecular formula is C17H16N4O6. The first kappa shape index (κ1) is 18.3. The van der Waals surface area contributed by atoms with Gasteiger partial charge in [0.1, 0.15) is 18.1 Å². The zero-order valence-corrected chi connectivity index (χ0v) is 14.4. The lowest BCUT2D eigenvalue weighted by atomic mass is 10.1. The van der Waals surface area contributed by atoms with Crippen LogP contribution >= 0.6 is 0 Å². The molecule has 10 nitrogen and oxygen atoms in total. The molecule has 1 aromatic carbocycles. The highest BCUT2D eigenvalue weighted by molar-refractivity contribution is 6.02. The van der Waals surface area contributed by atoms with Crippen LogP contribution in [-0.4, -0.2) is 59.8 Å². The summed E-state index contributed by atoms with van der Waals surface area (Å²) in [5.41, 5.74) is 0.653. The number of nitrogens with zero attached hydrogens (tertiary/aromatic N) is 4. The first-order chi connectivity index (χ1) is 13.0. The van der Waals surface area contributed by atoms with Gasteiger partial charge in [0.25, 0.3) is 11.6 Å². The Balaban J connectivity index is 1.68. The summed E-state index contributed by atoms with van der Waals surface area (Å²) in [6.45, 7) is 0.284. The van der Waals surface area contributed by atoms with Crippen LogP contribution in [0.25, 0.3) is 11.3 Å². The number of carbonyl (C=O) groups is 2. The third kappa shape index (κ3) is 4.01. The van der Waals surface area contributed by atoms with Crippen molar-refractivity contribution < 1.29 is 23.7 Å². The molecule has 0 atom stereocenters. The summed E-state index contributed by atoms with van der Waals surface area (Å²) in [5.74, 6) is 0.524. The number of nitro benzene ring substituents is 1. The van der Waals surface area contributed by atoms with Crippen LogP contribution in [0.15, 0.2) is 45.9 Å². The van der Waals surface area contributed by atoms with E-state index in [0.29, 0.717) is 17.1 Å². The van der Waals surface area contributed by atoms with Crippen molar-refractivity contribution in [1.82, 2.24) is 9.91 Å². The van der Waals surface area contributed by atoms with Crippen molar-refractivity contribution in [3.8, 4) is 11.3 Å². The van der Waals surface area contributed by atoms with E-state index in [1.165, 1.54) is 25.5 Å². The number of hydrogen-bond donors (Lipinski definition) is 0. The van der Waals surface area contributed by atoms with Gasteiger partial charge in [0, 0.05) is 24.8 Å². The van der Waals surface area contributed by atoms with Gasteiger partial charge >= 0.3 is 6.03 Å². The number of carbonyl (C=O) groups excluding carboxylic acids is 2. The third-order valence-corrected chi connectivity index (χ3v) is 3.87. The largest absolute Gasteiger partial charge is 0.455 e. The Bertz CT molecular complexity index is 889. The van der Waals surface area contributed by atoms with Gasteiger partial charge in [-0.15, -0.1) is 0 Å². The highest BCUT2D eigenvalue weighted by Crippen LogP contribution is 2.24. The first-order valence-corrected chi connectivity index (χ1v) is 7.99. The molecule has 2 aromatic rings. The molecule has 0 N–H and O–H groups in total. The van der Waals surface area contributed by atoms with Gasteiger partial charge in [0.15, 0.2) is 0 Å². The van der Waals surface area contributed by atoms with Gasteiger partial charge in [0.05, 0.1) is 24.3 Å². The molecule has 1 aliphatic rings. The number of amides is 3. The van der Waals surface area contributed by atoms with E-state index in [9.17, 15) is 19.7 Å². The fourth-order valence-corrected chi connectivity index (χ4v) is 2.47. The summed E-state index contributed by atoms with van der Waals surface area (Å²) in [6, 6.07) is 8.73. The number of hydrogen-bond acceptors (Lipinski definition) is 7. The quantitative estimate of drug-likeness (QED) is 0.318. The van der Waals surface area contributed by atoms with Gasteiger partial charge in [-0.25, -0.2) is 9.80 Å². The highest BCUT2D eigenvalue weighted by atomic mass is 16.6. The van der Waals surface area contributed by atoms with Crippen molar-refractivity contribution in [1.29, 1.82) is 0 Å². The van der Waals surface area contributed by atoms with Gasteiger partial charge in [-0.2, -0.15) is 5.10 Å². The number of methoxy groups -OCH3 is 1. The molecule has 1 aromatic heterocycles. The zero-order valence-electron chi connectivity index (χ0n) is 14.4. The fraction of sp³-hybridized carbons (Fsp3) is 0.235. The van der Waals surface area contributed by atoms with Crippen molar-refractivity contribution >= 4 is 23.8 Å². The maximum absolute atomic E-state index is 12.1. The zero-order chi connectivity index (χ0) is 19.4. The molecule has 0 bridgehead atoms. The second kappa shape index (κ2) is 7.79. The molecule has 140 valence electrons. The van der Waals surface area contributed by atoms with Crippen LogP contribution in [0.2, 0.25) is 0 Å². The molecule has 0 saturated carbocycles. The number of rotatable bonds is 7. The molecule has 3 rings (SSSR count). The smallest absolute Gasteiger partial charge is 0.347 e. The molecule has 3 amide bonds. The maximum atomic E-state index is 12.1. The monoisotopic (exact) mass is 372 g/mol. The molecular weight excluding hydrogens is 356 g/mol. The lowest BCUT2D eigenvalue weighted by Gasteiger charge is -2.12. The molecule has 0 unspecified atom stereocenters. The average Bonchev–Trinajstić information content (AvgIpc) is 3.23. The van der Waals surface area contributed by atoms with Crippen LogP contribution in [0.3, 0.4) is 0 Å². The van der Waals surface area contributed by atoms with Gasteiger partial charge < -0.3 is 9.15 Å². The van der Waals surface area contributed by atoms with E-state index in [1.54, 1.807) is 24.3 Å². The summed E-state index contributed by atoms with van der Waals surface area (Å²) >= 11 is 0. The number of hydrazone groups is 1. The third-order valence-electron chi connectivity index (χ3n) is 3.87. The number of nitro groups is 1. The molecule has 0 radical (unpaired) electrons. The van der Waals surface area contributed by atoms with Crippen molar-refractivity contribution in [2.75, 3.05) is 26.8 Å². The van der Waals surface area contributed by atoms with Crippen LogP contribution in [0.4, 0.5) is 10.5 Å². The van der Waals surface area contributed by atoms with Gasteiger partial charge in [-0.05, 0) is 24.3 Å². The van der Waals surface area contributed by atoms with Crippen molar-refractivity contribution in [2.45, 2.75) is 0 Å². The number of non-ortho nitro benzene ring substituents is 1. The standard InChI is InChI=1S/C17H16N4O6/c1-26-9-8-19-16(22)11-20(17(19)23)18-10-14-6-7-15(27-14)12-2-4-13(5-3-12)21(24)25/h2-7,10H,8-9,11H2,1H3/b18-10+. The minimum absolute atomic E-state index is 0.0117. The van der Waals surface area contributed by atoms with E-state index in [4.69, 9.17) is 9.15 Å². The SMILES string of the molecule is COCCN1C(=O)CN(/N=C/c2ccc(-c3ccc([N+](=O)[O-])cc3)o2)C1=O. The molecule has 1 fully saturated rings. The van der Waals surface area contributed by atoms with E-state index in [-0.39, 0.29) is 31.3 Å². The minimum atomic E-state index is -0.518. The predicted octanol–water partition coefficient (Wildman–Crippen LogP) is 2.10. The van der Waals surface area contributed by atoms with Gasteiger partial charge in [0.2, 0.25) is 0 Å². The molecule has 27 heavy (non-hydrogen) atoms. The van der Waals surface area contributed by atoms with E-state index < -0.39 is 11.0 Å². The molecule has 1 saturated heterocycles. The van der Waals surface area contributed by atoms with E-state index in [2.05, 4.69) is 5.10 Å². The summed E-state index contributed by atoms with van der Waals surface area (Å²) in [7, 11) is 1.49. The van der Waals surface area contributed by atoms with Crippen LogP contribution in [0.5, 0.6) is 0 Å². The lowest BCUT2D eigenvalue weighted by Crippen LogP contribution is -2.34. The lowest BCUT2D eigenvalue weighted by molar-refractivity contribution is -0.384. The number of furan rings is 1. The Morgan fingerprint density at radius 2 is 2.00 bits per heavy atom. The van der Waals surface area contributed by atoms with Crippen molar-refractivity contribution in [3.05, 3.63) is 52.3 Å². The predicted molar refractivity (Wildman–Crippen MR) is 94.1 cm³/mol. The van der Waals surface area contributed by atoms with Crippen LogP contribution in [-0.2, 0) is 9.53 Å². The molecule has 0 spiro atoms. The summed E-state index contributed by atoms with van der Waals surface area (Å²) < 4.78 is 10.5. The van der Waals surface area contributed by atoms with E-state index in [1.807, 2.05) is 0 Å². The second-order valence-corrected chi connectivity index (χ2v) is 5.63. The van der Waals surface area contributed by atoms with Gasteiger partial charge in [-0.1, -0.05) is 0 Å². The van der Waals surface area contributed by atoms with E-state index in [0.717, 1.165) is 9.91 Å². The van der Waals surface area contributed by atoms with Crippen LogP contribution < -0.4 is 0 Å². The topological polar surface area (TPSA) is 118 Å². The van der Waals surface area contributed by atoms with E-state index >= 15 is 0 Å². The number of ether oxygens (including phenoxy) is 1. The second-order valence-electron chi connectivity index (χ2n) is 5.63. The normalized spacial score (nSPS) is 14.6. The number of imide groups is 1. The Morgan fingerprint density at radius 1 is 1.26 bits per heavy atom. The van der Waals surface area contributed by atoms with Crippen molar-refractivity contribution in [3.63, 3.8) is 0 Å². The number of benzene rings is 1. The molecule has 10 heteroatoms. The maximum Gasteiger partial charge on any atom is 0.347 e. The van der Waals surface area contributed by atoms with Crippen LogP contribution in [0, 0.1) is 10.1 Å². The highest BCUT2D eigenvalue weighted by Gasteiger charge is 2.35. The first-order valence-electron chi connectivity index (χ1n) is 7.99. The van der Waals surface area contributed by atoms with Crippen LogP contribution in [0.1, 0.15) is 5.76 Å². The Hall–Kier alpha value is -3.53. The molecule has 1 aliphatic heterocycles. The summed E-state index contributed by atoms with van der Waals surface area (Å²) in [4.78, 5) is 35.3. The summed E-state index contributed by atoms with van der Waals surface area (Å²) in [6.07, 6.45) is 1.33. The molecule has 0 aliphatic carbocycles. The summed E-state index contributed by atoms with van der Waals surface area (Å²) in [5, 5.41) is 15.7. The Morgan fingerprint density at radius 3 is 2.67 bits per heavy atom. The number of urea groups is 1.